The van der Waals surface area contributed by atoms with Gasteiger partial charge in [0.2, 0.25) is 0 Å². The molecule has 0 fully saturated rings. The van der Waals surface area contributed by atoms with Gasteiger partial charge in [0.25, 0.3) is 0 Å². The number of rotatable bonds is 3. The standard InChI is InChI=1S/C22H14Cl2O3S2/c1-29(26,27)14-11-9-13(10-12-14)22-20(19-16(23)6-4-7-17(19)24)21(25)15-5-2-3-8-18(15)28-22/h2-12H,1H3. The predicted octanol–water partition coefficient (Wildman–Crippen LogP) is 6.31. The smallest absolute Gasteiger partial charge is 0.196 e. The van der Waals surface area contributed by atoms with Gasteiger partial charge in [0, 0.05) is 26.8 Å². The van der Waals surface area contributed by atoms with Gasteiger partial charge in [-0.2, -0.15) is 0 Å². The molecular formula is C22H14Cl2O3S2. The summed E-state index contributed by atoms with van der Waals surface area (Å²) in [5, 5.41) is 1.34. The van der Waals surface area contributed by atoms with E-state index in [2.05, 4.69) is 0 Å². The van der Waals surface area contributed by atoms with Crippen LogP contribution in [0, 0.1) is 0 Å². The fraction of sp³-hybridized carbons (Fsp3) is 0.0455. The molecule has 0 radical (unpaired) electrons. The van der Waals surface area contributed by atoms with Crippen molar-refractivity contribution in [1.29, 1.82) is 0 Å². The van der Waals surface area contributed by atoms with Gasteiger partial charge in [-0.05, 0) is 42.0 Å². The molecule has 7 heteroatoms. The molecule has 3 nitrogen and oxygen atoms in total. The van der Waals surface area contributed by atoms with Crippen molar-refractivity contribution in [3.63, 3.8) is 0 Å². The Morgan fingerprint density at radius 3 is 2.03 bits per heavy atom. The van der Waals surface area contributed by atoms with Crippen molar-refractivity contribution >= 4 is 54.5 Å². The Hall–Kier alpha value is -2.18. The third-order valence-electron chi connectivity index (χ3n) is 4.56. The highest BCUT2D eigenvalue weighted by Gasteiger charge is 2.20. The number of halogens is 2. The second-order valence-corrected chi connectivity index (χ2v) is 10.4. The highest BCUT2D eigenvalue weighted by atomic mass is 35.5. The summed E-state index contributed by atoms with van der Waals surface area (Å²) >= 11 is 14.3. The Bertz CT molecular complexity index is 1390. The van der Waals surface area contributed by atoms with Crippen molar-refractivity contribution in [2.75, 3.05) is 6.26 Å². The summed E-state index contributed by atoms with van der Waals surface area (Å²) in [6.07, 6.45) is 1.16. The first-order valence-electron chi connectivity index (χ1n) is 8.58. The molecule has 1 aromatic heterocycles. The Morgan fingerprint density at radius 2 is 1.41 bits per heavy atom. The van der Waals surface area contributed by atoms with E-state index in [1.165, 1.54) is 23.5 Å². The van der Waals surface area contributed by atoms with Crippen molar-refractivity contribution in [1.82, 2.24) is 0 Å². The lowest BCUT2D eigenvalue weighted by molar-refractivity contribution is 0.602. The molecule has 146 valence electrons. The normalized spacial score (nSPS) is 11.7. The fourth-order valence-electron chi connectivity index (χ4n) is 3.16. The average molecular weight is 461 g/mol. The minimum Gasteiger partial charge on any atom is -0.288 e. The van der Waals surface area contributed by atoms with Gasteiger partial charge in [-0.3, -0.25) is 4.79 Å². The van der Waals surface area contributed by atoms with E-state index >= 15 is 0 Å². The summed E-state index contributed by atoms with van der Waals surface area (Å²) in [5.41, 5.74) is 1.44. The molecule has 4 rings (SSSR count). The lowest BCUT2D eigenvalue weighted by Gasteiger charge is -2.13. The van der Waals surface area contributed by atoms with Gasteiger partial charge in [0.1, 0.15) is 0 Å². The number of hydrogen-bond donors (Lipinski definition) is 0. The number of fused-ring (bicyclic) bond motifs is 1. The summed E-state index contributed by atoms with van der Waals surface area (Å²) in [5.74, 6) is 0. The number of sulfone groups is 1. The SMILES string of the molecule is CS(=O)(=O)c1ccc(-c2sc3ccccc3c(=O)c2-c2c(Cl)cccc2Cl)cc1. The van der Waals surface area contributed by atoms with Crippen LogP contribution in [0.15, 0.2) is 76.4 Å². The molecule has 0 N–H and O–H groups in total. The van der Waals surface area contributed by atoms with Gasteiger partial charge in [0.15, 0.2) is 15.3 Å². The Balaban J connectivity index is 2.10. The Labute approximate surface area is 182 Å². The van der Waals surface area contributed by atoms with Crippen LogP contribution in [-0.2, 0) is 9.84 Å². The highest BCUT2D eigenvalue weighted by Crippen LogP contribution is 2.42. The first-order valence-corrected chi connectivity index (χ1v) is 12.0. The van der Waals surface area contributed by atoms with Crippen molar-refractivity contribution in [3.05, 3.63) is 87.0 Å². The molecule has 0 aliphatic heterocycles. The molecule has 0 saturated heterocycles. The Morgan fingerprint density at radius 1 is 0.793 bits per heavy atom. The number of benzene rings is 3. The third kappa shape index (κ3) is 3.71. The van der Waals surface area contributed by atoms with E-state index in [0.29, 0.717) is 31.4 Å². The van der Waals surface area contributed by atoms with Crippen LogP contribution in [0.5, 0.6) is 0 Å². The van der Waals surface area contributed by atoms with Gasteiger partial charge in [0.05, 0.1) is 20.5 Å². The molecule has 0 spiro atoms. The lowest BCUT2D eigenvalue weighted by Crippen LogP contribution is -2.07. The van der Waals surface area contributed by atoms with E-state index in [4.69, 9.17) is 23.2 Å². The van der Waals surface area contributed by atoms with E-state index in [9.17, 15) is 13.2 Å². The second kappa shape index (κ2) is 7.58. The molecule has 3 aromatic carbocycles. The molecule has 0 bridgehead atoms. The zero-order valence-corrected chi connectivity index (χ0v) is 18.3. The van der Waals surface area contributed by atoms with E-state index < -0.39 is 9.84 Å². The van der Waals surface area contributed by atoms with E-state index in [1.807, 2.05) is 18.2 Å². The quantitative estimate of drug-likeness (QED) is 0.360. The van der Waals surface area contributed by atoms with Crippen LogP contribution >= 0.6 is 34.5 Å². The summed E-state index contributed by atoms with van der Waals surface area (Å²) in [6.45, 7) is 0. The molecule has 1 heterocycles. The van der Waals surface area contributed by atoms with E-state index in [-0.39, 0.29) is 10.3 Å². The summed E-state index contributed by atoms with van der Waals surface area (Å²) < 4.78 is 24.4. The zero-order valence-electron chi connectivity index (χ0n) is 15.1. The van der Waals surface area contributed by atoms with Gasteiger partial charge in [-0.1, -0.05) is 53.5 Å². The molecule has 29 heavy (non-hydrogen) atoms. The maximum absolute atomic E-state index is 13.4. The van der Waals surface area contributed by atoms with Crippen LogP contribution in [0.4, 0.5) is 0 Å². The van der Waals surface area contributed by atoms with E-state index in [1.54, 1.807) is 36.4 Å². The number of hydrogen-bond acceptors (Lipinski definition) is 4. The maximum Gasteiger partial charge on any atom is 0.196 e. The molecule has 0 aliphatic rings. The molecule has 0 saturated carbocycles. The minimum absolute atomic E-state index is 0.170. The Kier molecular flexibility index (Phi) is 5.25. The summed E-state index contributed by atoms with van der Waals surface area (Å²) in [4.78, 5) is 14.3. The van der Waals surface area contributed by atoms with Crippen LogP contribution < -0.4 is 5.43 Å². The molecule has 0 unspecified atom stereocenters. The molecule has 0 aliphatic carbocycles. The van der Waals surface area contributed by atoms with Crippen LogP contribution in [0.25, 0.3) is 31.7 Å². The van der Waals surface area contributed by atoms with Gasteiger partial charge in [-0.25, -0.2) is 8.42 Å². The third-order valence-corrected chi connectivity index (χ3v) is 7.53. The lowest BCUT2D eigenvalue weighted by atomic mass is 10.00. The van der Waals surface area contributed by atoms with Crippen LogP contribution in [0.3, 0.4) is 0 Å². The molecular weight excluding hydrogens is 447 g/mol. The average Bonchev–Trinajstić information content (AvgIpc) is 2.69. The predicted molar refractivity (Wildman–Crippen MR) is 122 cm³/mol. The van der Waals surface area contributed by atoms with E-state index in [0.717, 1.165) is 16.5 Å². The molecule has 4 aromatic rings. The largest absolute Gasteiger partial charge is 0.288 e. The molecule has 0 amide bonds. The first kappa shape index (κ1) is 20.1. The summed E-state index contributed by atoms with van der Waals surface area (Å²) in [6, 6.07) is 18.9. The maximum atomic E-state index is 13.4. The minimum atomic E-state index is -3.32. The monoisotopic (exact) mass is 460 g/mol. The van der Waals surface area contributed by atoms with Crippen LogP contribution in [-0.4, -0.2) is 14.7 Å². The topological polar surface area (TPSA) is 51.2 Å². The van der Waals surface area contributed by atoms with Gasteiger partial charge < -0.3 is 0 Å². The van der Waals surface area contributed by atoms with Crippen molar-refractivity contribution in [3.8, 4) is 21.6 Å². The van der Waals surface area contributed by atoms with Crippen molar-refractivity contribution in [2.45, 2.75) is 4.90 Å². The first-order chi connectivity index (χ1) is 13.8. The van der Waals surface area contributed by atoms with Crippen LogP contribution in [0.1, 0.15) is 0 Å². The molecule has 0 atom stereocenters. The van der Waals surface area contributed by atoms with Crippen molar-refractivity contribution < 1.29 is 8.42 Å². The second-order valence-electron chi connectivity index (χ2n) is 6.52. The highest BCUT2D eigenvalue weighted by molar-refractivity contribution is 7.90. The fourth-order valence-corrected chi connectivity index (χ4v) is 5.57. The van der Waals surface area contributed by atoms with Crippen molar-refractivity contribution in [2.24, 2.45) is 0 Å². The van der Waals surface area contributed by atoms with Gasteiger partial charge in [-0.15, -0.1) is 11.3 Å². The van der Waals surface area contributed by atoms with Crippen LogP contribution in [0.2, 0.25) is 10.0 Å². The van der Waals surface area contributed by atoms with Gasteiger partial charge >= 0.3 is 0 Å². The summed E-state index contributed by atoms with van der Waals surface area (Å²) in [7, 11) is -3.32. The zero-order chi connectivity index (χ0) is 20.8.